The van der Waals surface area contributed by atoms with Gasteiger partial charge in [0.2, 0.25) is 17.5 Å². The monoisotopic (exact) mass is 790 g/mol. The Morgan fingerprint density at radius 3 is 2.21 bits per heavy atom. The molecule has 2 saturated heterocycles. The summed E-state index contributed by atoms with van der Waals surface area (Å²) >= 11 is 6.25. The fourth-order valence-electron chi connectivity index (χ4n) is 10.1. The molecular weight excluding hydrogens is 744 g/mol. The third-order valence-corrected chi connectivity index (χ3v) is 13.2. The highest BCUT2D eigenvalue weighted by Gasteiger charge is 2.64. The first-order valence-electron chi connectivity index (χ1n) is 19.7. The van der Waals surface area contributed by atoms with E-state index in [4.69, 9.17) is 22.9 Å². The van der Waals surface area contributed by atoms with Crippen LogP contribution >= 0.6 is 11.6 Å². The smallest absolute Gasteiger partial charge is 0.255 e. The number of amides is 5. The van der Waals surface area contributed by atoms with Crippen LogP contribution in [0.1, 0.15) is 101 Å². The van der Waals surface area contributed by atoms with Gasteiger partial charge in [-0.3, -0.25) is 34.2 Å². The standard InChI is InChI=1S/C44H47ClN6O6/c1-43(2)41(44(3,4)42(43)57-31-10-11-34(46-5)33(45)20-31)48-37(53)26-6-8-27(9-7-26)39(55)50-16-14-25(15-17-50)21-49-22-28-18-30-24-51(35-12-13-36(52)47-38(35)54)40(56)32(30)19-29(28)23-49/h6-11,18-20,25,35,41-42H,12-17,21-24H2,1-4H3,(H,48,53)(H,47,52,54). The minimum atomic E-state index is -0.615. The minimum absolute atomic E-state index is 0.0368. The maximum atomic E-state index is 13.5. The summed E-state index contributed by atoms with van der Waals surface area (Å²) in [6, 6.07) is 15.3. The van der Waals surface area contributed by atoms with Gasteiger partial charge >= 0.3 is 0 Å². The second-order valence-electron chi connectivity index (χ2n) is 17.4. The van der Waals surface area contributed by atoms with Gasteiger partial charge in [-0.2, -0.15) is 0 Å². The van der Waals surface area contributed by atoms with Crippen molar-refractivity contribution in [1.82, 2.24) is 25.3 Å². The lowest BCUT2D eigenvalue weighted by atomic mass is 9.49. The third-order valence-electron chi connectivity index (χ3n) is 12.9. The summed E-state index contributed by atoms with van der Waals surface area (Å²) in [7, 11) is 0. The van der Waals surface area contributed by atoms with Crippen LogP contribution in [-0.4, -0.2) is 82.1 Å². The van der Waals surface area contributed by atoms with E-state index in [1.54, 1.807) is 47.4 Å². The van der Waals surface area contributed by atoms with Gasteiger partial charge in [-0.1, -0.05) is 51.4 Å². The SMILES string of the molecule is [C-]#[N+]c1ccc(OC2C(C)(C)C(NC(=O)c3ccc(C(=O)N4CCC(CN5Cc6cc7c(cc6C5)C(=O)N(C5CCC(=O)NC5=O)C7)CC4)cc3)C2(C)C)cc1Cl. The van der Waals surface area contributed by atoms with Crippen LogP contribution in [0.3, 0.4) is 0 Å². The number of nitrogens with one attached hydrogen (secondary N) is 2. The van der Waals surface area contributed by atoms with Crippen molar-refractivity contribution in [3.05, 3.63) is 104 Å². The molecule has 1 atom stereocenters. The lowest BCUT2D eigenvalue weighted by molar-refractivity contribution is -0.164. The second-order valence-corrected chi connectivity index (χ2v) is 17.8. The van der Waals surface area contributed by atoms with Crippen molar-refractivity contribution in [3.8, 4) is 5.75 Å². The Kier molecular flexibility index (Phi) is 9.89. The van der Waals surface area contributed by atoms with Gasteiger partial charge in [-0.15, -0.1) is 0 Å². The third kappa shape index (κ3) is 7.06. The Labute approximate surface area is 337 Å². The number of benzene rings is 3. The summed E-state index contributed by atoms with van der Waals surface area (Å²) in [5.74, 6) is -0.0584. The molecule has 1 aliphatic carbocycles. The van der Waals surface area contributed by atoms with E-state index in [1.807, 2.05) is 11.0 Å². The average molecular weight is 791 g/mol. The fourth-order valence-corrected chi connectivity index (χ4v) is 10.3. The van der Waals surface area contributed by atoms with Crippen molar-refractivity contribution in [2.75, 3.05) is 19.6 Å². The lowest BCUT2D eigenvalue weighted by Crippen LogP contribution is -2.74. The zero-order chi connectivity index (χ0) is 40.4. The van der Waals surface area contributed by atoms with E-state index in [1.165, 1.54) is 5.56 Å². The number of halogens is 1. The van der Waals surface area contributed by atoms with Crippen molar-refractivity contribution in [3.63, 3.8) is 0 Å². The molecular formula is C44H47ClN6O6. The van der Waals surface area contributed by atoms with E-state index in [0.29, 0.717) is 65.1 Å². The molecule has 3 aromatic carbocycles. The molecule has 1 saturated carbocycles. The Balaban J connectivity index is 0.807. The van der Waals surface area contributed by atoms with Crippen molar-refractivity contribution in [2.24, 2.45) is 16.7 Å². The van der Waals surface area contributed by atoms with Crippen molar-refractivity contribution in [1.29, 1.82) is 0 Å². The zero-order valence-electron chi connectivity index (χ0n) is 32.7. The summed E-state index contributed by atoms with van der Waals surface area (Å²) in [6.45, 7) is 19.7. The predicted octanol–water partition coefficient (Wildman–Crippen LogP) is 6.13. The van der Waals surface area contributed by atoms with Gasteiger partial charge in [0, 0.05) is 79.3 Å². The fraction of sp³-hybridized carbons (Fsp3) is 0.455. The molecule has 3 aromatic rings. The zero-order valence-corrected chi connectivity index (χ0v) is 33.4. The number of nitrogens with zero attached hydrogens (tertiary/aromatic N) is 4. The first kappa shape index (κ1) is 38.6. The van der Waals surface area contributed by atoms with Gasteiger partial charge in [-0.05, 0) is 84.3 Å². The molecule has 12 nitrogen and oxygen atoms in total. The number of piperidine rings is 2. The number of hydrogen-bond donors (Lipinski definition) is 2. The Morgan fingerprint density at radius 1 is 0.895 bits per heavy atom. The quantitative estimate of drug-likeness (QED) is 0.207. The normalized spacial score (nSPS) is 23.9. The highest BCUT2D eigenvalue weighted by molar-refractivity contribution is 6.33. The molecule has 0 radical (unpaired) electrons. The number of ether oxygens (including phenoxy) is 1. The Morgan fingerprint density at radius 2 is 1.56 bits per heavy atom. The van der Waals surface area contributed by atoms with Crippen LogP contribution < -0.4 is 15.4 Å². The van der Waals surface area contributed by atoms with E-state index in [0.717, 1.165) is 43.6 Å². The lowest BCUT2D eigenvalue weighted by Gasteiger charge is -2.63. The van der Waals surface area contributed by atoms with Gasteiger partial charge in [-0.25, -0.2) is 4.85 Å². The van der Waals surface area contributed by atoms with Crippen LogP contribution in [0.5, 0.6) is 5.75 Å². The topological polar surface area (TPSA) is 133 Å². The number of imide groups is 1. The number of fused-ring (bicyclic) bond motifs is 2. The van der Waals surface area contributed by atoms with Gasteiger partial charge in [0.05, 0.1) is 11.6 Å². The van der Waals surface area contributed by atoms with Crippen molar-refractivity contribution >= 4 is 46.8 Å². The molecule has 3 fully saturated rings. The van der Waals surface area contributed by atoms with Gasteiger partial charge in [0.25, 0.3) is 17.7 Å². The van der Waals surface area contributed by atoms with Crippen molar-refractivity contribution in [2.45, 2.75) is 91.2 Å². The largest absolute Gasteiger partial charge is 0.489 e. The average Bonchev–Trinajstić information content (AvgIpc) is 3.73. The van der Waals surface area contributed by atoms with Gasteiger partial charge in [0.1, 0.15) is 17.9 Å². The summed E-state index contributed by atoms with van der Waals surface area (Å²) in [4.78, 5) is 73.7. The number of rotatable bonds is 8. The maximum absolute atomic E-state index is 13.5. The van der Waals surface area contributed by atoms with Crippen LogP contribution in [0.25, 0.3) is 4.85 Å². The number of likely N-dealkylation sites (tertiary alicyclic amines) is 1. The molecule has 5 aliphatic rings. The molecule has 0 spiro atoms. The predicted molar refractivity (Wildman–Crippen MR) is 213 cm³/mol. The molecule has 0 bridgehead atoms. The maximum Gasteiger partial charge on any atom is 0.255 e. The van der Waals surface area contributed by atoms with Gasteiger partial charge < -0.3 is 19.9 Å². The highest BCUT2D eigenvalue weighted by Crippen LogP contribution is 2.55. The number of carbonyl (C=O) groups is 5. The minimum Gasteiger partial charge on any atom is -0.489 e. The van der Waals surface area contributed by atoms with Crippen LogP contribution in [0.15, 0.2) is 54.6 Å². The van der Waals surface area contributed by atoms with Crippen LogP contribution in [0.4, 0.5) is 5.69 Å². The van der Waals surface area contributed by atoms with Crippen LogP contribution in [-0.2, 0) is 29.2 Å². The van der Waals surface area contributed by atoms with Crippen molar-refractivity contribution < 1.29 is 28.7 Å². The highest BCUT2D eigenvalue weighted by atomic mass is 35.5. The van der Waals surface area contributed by atoms with Crippen LogP contribution in [0.2, 0.25) is 5.02 Å². The summed E-state index contributed by atoms with van der Waals surface area (Å²) in [5.41, 5.74) is 4.56. The molecule has 8 rings (SSSR count). The summed E-state index contributed by atoms with van der Waals surface area (Å²) < 4.78 is 6.36. The molecule has 296 valence electrons. The molecule has 1 unspecified atom stereocenters. The summed E-state index contributed by atoms with van der Waals surface area (Å²) in [5, 5.41) is 5.92. The van der Waals surface area contributed by atoms with E-state index < -0.39 is 22.8 Å². The molecule has 2 N–H and O–H groups in total. The molecule has 4 aliphatic heterocycles. The molecule has 4 heterocycles. The molecule has 0 aromatic heterocycles. The summed E-state index contributed by atoms with van der Waals surface area (Å²) in [6.07, 6.45) is 2.17. The first-order chi connectivity index (χ1) is 27.1. The van der Waals surface area contributed by atoms with E-state index in [9.17, 15) is 24.0 Å². The first-order valence-corrected chi connectivity index (χ1v) is 20.1. The number of hydrogen-bond acceptors (Lipinski definition) is 7. The molecule has 13 heteroatoms. The Hall–Kier alpha value is -5.25. The van der Waals surface area contributed by atoms with E-state index in [-0.39, 0.29) is 42.2 Å². The molecule has 5 amide bonds. The second kappa shape index (κ2) is 14.6. The Bertz CT molecular complexity index is 2210. The molecule has 57 heavy (non-hydrogen) atoms. The van der Waals surface area contributed by atoms with E-state index >= 15 is 0 Å². The van der Waals surface area contributed by atoms with E-state index in [2.05, 4.69) is 54.1 Å². The van der Waals surface area contributed by atoms with Gasteiger partial charge in [0.15, 0.2) is 0 Å². The number of carbonyl (C=O) groups excluding carboxylic acids is 5. The van der Waals surface area contributed by atoms with Crippen LogP contribution in [0, 0.1) is 23.3 Å².